The van der Waals surface area contributed by atoms with Gasteiger partial charge in [-0.25, -0.2) is 9.97 Å². The van der Waals surface area contributed by atoms with Crippen molar-refractivity contribution >= 4 is 32.6 Å². The second-order valence-electron chi connectivity index (χ2n) is 12.9. The first kappa shape index (κ1) is 27.7. The molecule has 1 aliphatic rings. The Balaban J connectivity index is 1.33. The number of hydrogen-bond acceptors (Lipinski definition) is 2. The molecule has 2 nitrogen and oxygen atoms in total. The number of aromatic nitrogens is 2. The summed E-state index contributed by atoms with van der Waals surface area (Å²) in [4.78, 5) is 10.9. The third-order valence-corrected chi connectivity index (χ3v) is 10.3. The molecule has 1 aliphatic carbocycles. The predicted octanol–water partition coefficient (Wildman–Crippen LogP) is 11.6. The minimum atomic E-state index is -0.497. The van der Waals surface area contributed by atoms with Crippen molar-refractivity contribution in [1.82, 2.24) is 9.97 Å². The number of rotatable bonds is 4. The van der Waals surface area contributed by atoms with Crippen molar-refractivity contribution in [1.29, 1.82) is 0 Å². The lowest BCUT2D eigenvalue weighted by molar-refractivity contribution is 0.775. The van der Waals surface area contributed by atoms with Crippen LogP contribution in [-0.2, 0) is 5.41 Å². The van der Waals surface area contributed by atoms with Crippen LogP contribution >= 0.6 is 0 Å². The molecule has 0 unspecified atom stereocenters. The van der Waals surface area contributed by atoms with Crippen molar-refractivity contribution in [3.8, 4) is 33.6 Å². The van der Waals surface area contributed by atoms with E-state index in [1.54, 1.807) is 0 Å². The van der Waals surface area contributed by atoms with Crippen LogP contribution in [0.25, 0.3) is 66.2 Å². The highest BCUT2D eigenvalue weighted by Crippen LogP contribution is 2.58. The average molecular weight is 623 g/mol. The maximum absolute atomic E-state index is 5.45. The fourth-order valence-corrected chi connectivity index (χ4v) is 8.29. The van der Waals surface area contributed by atoms with Crippen molar-refractivity contribution in [2.24, 2.45) is 0 Å². The summed E-state index contributed by atoms with van der Waals surface area (Å²) in [5, 5.41) is 4.66. The first-order chi connectivity index (χ1) is 24.3. The average Bonchev–Trinajstić information content (AvgIpc) is 3.50. The topological polar surface area (TPSA) is 25.8 Å². The molecule has 0 atom stereocenters. The summed E-state index contributed by atoms with van der Waals surface area (Å²) in [7, 11) is 0. The zero-order valence-corrected chi connectivity index (χ0v) is 26.7. The fraction of sp³-hybridized carbons (Fsp3) is 0.0213. The molecule has 8 aromatic carbocycles. The van der Waals surface area contributed by atoms with E-state index in [0.29, 0.717) is 0 Å². The summed E-state index contributed by atoms with van der Waals surface area (Å²) in [6, 6.07) is 65.5. The van der Waals surface area contributed by atoms with E-state index >= 15 is 0 Å². The van der Waals surface area contributed by atoms with Gasteiger partial charge in [-0.2, -0.15) is 0 Å². The molecule has 0 bridgehead atoms. The van der Waals surface area contributed by atoms with E-state index in [4.69, 9.17) is 9.97 Å². The van der Waals surface area contributed by atoms with Gasteiger partial charge in [-0.05, 0) is 55.6 Å². The van der Waals surface area contributed by atoms with Gasteiger partial charge in [0.05, 0.1) is 27.8 Å². The second-order valence-corrected chi connectivity index (χ2v) is 12.9. The van der Waals surface area contributed by atoms with Crippen molar-refractivity contribution in [3.63, 3.8) is 0 Å². The minimum Gasteiger partial charge on any atom is -0.244 e. The highest BCUT2D eigenvalue weighted by atomic mass is 14.8. The molecule has 1 aromatic heterocycles. The van der Waals surface area contributed by atoms with Gasteiger partial charge in [0.15, 0.2) is 0 Å². The Bertz CT molecular complexity index is 2660. The second kappa shape index (κ2) is 10.8. The maximum atomic E-state index is 5.45. The van der Waals surface area contributed by atoms with Crippen LogP contribution in [0.15, 0.2) is 182 Å². The zero-order valence-electron chi connectivity index (χ0n) is 26.7. The highest BCUT2D eigenvalue weighted by Gasteiger charge is 2.47. The van der Waals surface area contributed by atoms with Crippen LogP contribution in [0, 0.1) is 0 Å². The molecule has 0 saturated carbocycles. The number of nitrogens with zero attached hydrogens (tertiary/aromatic N) is 2. The monoisotopic (exact) mass is 622 g/mol. The van der Waals surface area contributed by atoms with Crippen molar-refractivity contribution < 1.29 is 0 Å². The molecule has 0 N–H and O–H groups in total. The molecule has 0 spiro atoms. The third kappa shape index (κ3) is 4.01. The Kier molecular flexibility index (Phi) is 6.13. The van der Waals surface area contributed by atoms with E-state index in [2.05, 4.69) is 182 Å². The highest BCUT2D eigenvalue weighted by molar-refractivity contribution is 6.09. The summed E-state index contributed by atoms with van der Waals surface area (Å²) in [6.07, 6.45) is 0. The standard InChI is InChI=1S/C47H30N2/c1-4-16-32(17-5-1)44-46(48-42-30-27-31-15-10-11-22-35(31)45(42)49-44)40-25-14-24-38-36(40)28-29-39-37-23-12-13-26-41(37)47(43(38)39,33-18-6-2-7-19-33)34-20-8-3-9-21-34/h1-30H. The van der Waals surface area contributed by atoms with E-state index in [9.17, 15) is 0 Å². The van der Waals surface area contributed by atoms with E-state index in [1.807, 2.05) is 0 Å². The molecule has 1 heterocycles. The smallest absolute Gasteiger partial charge is 0.0979 e. The minimum absolute atomic E-state index is 0.497. The fourth-order valence-electron chi connectivity index (χ4n) is 8.29. The molecule has 228 valence electrons. The van der Waals surface area contributed by atoms with Gasteiger partial charge in [-0.3, -0.25) is 0 Å². The van der Waals surface area contributed by atoms with E-state index in [0.717, 1.165) is 49.7 Å². The van der Waals surface area contributed by atoms with Gasteiger partial charge in [-0.15, -0.1) is 0 Å². The van der Waals surface area contributed by atoms with Crippen LogP contribution in [0.4, 0.5) is 0 Å². The molecule has 0 saturated heterocycles. The van der Waals surface area contributed by atoms with Crippen LogP contribution in [0.5, 0.6) is 0 Å². The van der Waals surface area contributed by atoms with Crippen molar-refractivity contribution in [3.05, 3.63) is 204 Å². The molecule has 10 rings (SSSR count). The number of fused-ring (bicyclic) bond motifs is 8. The molecular weight excluding hydrogens is 593 g/mol. The van der Waals surface area contributed by atoms with Crippen molar-refractivity contribution in [2.45, 2.75) is 5.41 Å². The lowest BCUT2D eigenvalue weighted by atomic mass is 9.66. The van der Waals surface area contributed by atoms with Crippen LogP contribution in [0.1, 0.15) is 22.3 Å². The van der Waals surface area contributed by atoms with Gasteiger partial charge >= 0.3 is 0 Å². The molecule has 49 heavy (non-hydrogen) atoms. The largest absolute Gasteiger partial charge is 0.244 e. The molecule has 2 heteroatoms. The van der Waals surface area contributed by atoms with Crippen LogP contribution in [-0.4, -0.2) is 9.97 Å². The van der Waals surface area contributed by atoms with Gasteiger partial charge in [0, 0.05) is 16.5 Å². The summed E-state index contributed by atoms with van der Waals surface area (Å²) in [6.45, 7) is 0. The Hall–Kier alpha value is -6.38. The molecule has 9 aromatic rings. The summed E-state index contributed by atoms with van der Waals surface area (Å²) < 4.78 is 0. The Morgan fingerprint density at radius 1 is 0.367 bits per heavy atom. The quantitative estimate of drug-likeness (QED) is 0.183. The van der Waals surface area contributed by atoms with Crippen LogP contribution in [0.2, 0.25) is 0 Å². The van der Waals surface area contributed by atoms with Crippen molar-refractivity contribution in [2.75, 3.05) is 0 Å². The Morgan fingerprint density at radius 2 is 1.00 bits per heavy atom. The SMILES string of the molecule is c1ccc(-c2nc3c(ccc4ccccc43)nc2-c2cccc3c4c(ccc23)-c2ccccc2C4(c2ccccc2)c2ccccc2)cc1. The zero-order chi connectivity index (χ0) is 32.4. The Labute approximate surface area is 285 Å². The molecular formula is C47H30N2. The lowest BCUT2D eigenvalue weighted by Crippen LogP contribution is -2.28. The number of hydrogen-bond donors (Lipinski definition) is 0. The first-order valence-electron chi connectivity index (χ1n) is 16.8. The molecule has 0 fully saturated rings. The van der Waals surface area contributed by atoms with Gasteiger partial charge < -0.3 is 0 Å². The van der Waals surface area contributed by atoms with E-state index < -0.39 is 5.41 Å². The Morgan fingerprint density at radius 3 is 1.78 bits per heavy atom. The van der Waals surface area contributed by atoms with Gasteiger partial charge in [-0.1, -0.05) is 176 Å². The van der Waals surface area contributed by atoms with E-state index in [1.165, 1.54) is 38.8 Å². The van der Waals surface area contributed by atoms with Gasteiger partial charge in [0.1, 0.15) is 0 Å². The summed E-state index contributed by atoms with van der Waals surface area (Å²) in [5.74, 6) is 0. The third-order valence-electron chi connectivity index (χ3n) is 10.3. The molecule has 0 radical (unpaired) electrons. The van der Waals surface area contributed by atoms with Crippen LogP contribution < -0.4 is 0 Å². The van der Waals surface area contributed by atoms with Gasteiger partial charge in [0.25, 0.3) is 0 Å². The maximum Gasteiger partial charge on any atom is 0.0979 e. The summed E-state index contributed by atoms with van der Waals surface area (Å²) >= 11 is 0. The van der Waals surface area contributed by atoms with Gasteiger partial charge in [0.2, 0.25) is 0 Å². The van der Waals surface area contributed by atoms with Crippen LogP contribution in [0.3, 0.4) is 0 Å². The number of benzene rings is 8. The molecule has 0 amide bonds. The lowest BCUT2D eigenvalue weighted by Gasteiger charge is -2.34. The molecule has 0 aliphatic heterocycles. The summed E-state index contributed by atoms with van der Waals surface area (Å²) in [5.41, 5.74) is 12.9. The predicted molar refractivity (Wildman–Crippen MR) is 203 cm³/mol. The first-order valence-corrected chi connectivity index (χ1v) is 16.8. The normalized spacial score (nSPS) is 13.1. The van der Waals surface area contributed by atoms with E-state index in [-0.39, 0.29) is 0 Å².